The molecule has 1 N–H and O–H groups in total. The van der Waals surface area contributed by atoms with Crippen molar-refractivity contribution in [3.8, 4) is 0 Å². The van der Waals surface area contributed by atoms with Crippen molar-refractivity contribution in [1.29, 1.82) is 0 Å². The van der Waals surface area contributed by atoms with Crippen molar-refractivity contribution in [2.24, 2.45) is 0 Å². The molecule has 0 atom stereocenters. The number of aryl methyl sites for hydroxylation is 2. The summed E-state index contributed by atoms with van der Waals surface area (Å²) in [6.07, 6.45) is 1.72. The minimum absolute atomic E-state index is 0.249. The van der Waals surface area contributed by atoms with Gasteiger partial charge in [-0.15, -0.1) is 0 Å². The van der Waals surface area contributed by atoms with E-state index in [1.807, 2.05) is 6.07 Å². The molecule has 0 spiro atoms. The summed E-state index contributed by atoms with van der Waals surface area (Å²) in [7, 11) is 0. The molecule has 84 valence electrons. The first kappa shape index (κ1) is 10.9. The third kappa shape index (κ3) is 2.33. The van der Waals surface area contributed by atoms with Gasteiger partial charge in [-0.05, 0) is 31.4 Å². The van der Waals surface area contributed by atoms with Crippen molar-refractivity contribution >= 4 is 17.4 Å². The highest BCUT2D eigenvalue weighted by atomic mass is 32.1. The Labute approximate surface area is 96.7 Å². The first-order valence-electron chi connectivity index (χ1n) is 4.81. The minimum atomic E-state index is -0.393. The van der Waals surface area contributed by atoms with Crippen LogP contribution in [-0.4, -0.2) is 14.3 Å². The van der Waals surface area contributed by atoms with Gasteiger partial charge in [-0.1, -0.05) is 0 Å². The maximum Gasteiger partial charge on any atom is 0.186 e. The summed E-state index contributed by atoms with van der Waals surface area (Å²) in [6, 6.07) is 1.89. The molecule has 0 fully saturated rings. The summed E-state index contributed by atoms with van der Waals surface area (Å²) in [5, 5.41) is 2.94. The summed E-state index contributed by atoms with van der Waals surface area (Å²) in [5.41, 5.74) is 0.360. The van der Waals surface area contributed by atoms with Crippen LogP contribution in [0.15, 0.2) is 12.3 Å². The van der Waals surface area contributed by atoms with Crippen LogP contribution in [0.25, 0.3) is 0 Å². The molecule has 0 aliphatic heterocycles. The average Bonchev–Trinajstić information content (AvgIpc) is 2.74. The molecule has 0 bridgehead atoms. The molecule has 0 saturated carbocycles. The number of hydrogen-bond donors (Lipinski definition) is 1. The van der Waals surface area contributed by atoms with Crippen LogP contribution in [0, 0.1) is 19.7 Å². The fraction of sp³-hybridized carbons (Fsp3) is 0.300. The van der Waals surface area contributed by atoms with Gasteiger partial charge in [0.2, 0.25) is 0 Å². The largest absolute Gasteiger partial charge is 0.363 e. The molecule has 0 aliphatic carbocycles. The third-order valence-corrected chi connectivity index (χ3v) is 2.79. The Balaban J connectivity index is 2.15. The van der Waals surface area contributed by atoms with E-state index in [0.29, 0.717) is 18.1 Å². The zero-order valence-electron chi connectivity index (χ0n) is 8.99. The van der Waals surface area contributed by atoms with Crippen molar-refractivity contribution < 1.29 is 4.39 Å². The van der Waals surface area contributed by atoms with Crippen molar-refractivity contribution in [2.45, 2.75) is 20.4 Å². The lowest BCUT2D eigenvalue weighted by Crippen LogP contribution is -2.06. The average molecular weight is 238 g/mol. The number of aromatic nitrogens is 3. The Hall–Kier alpha value is -1.56. The lowest BCUT2D eigenvalue weighted by atomic mass is 10.3. The molecule has 0 aliphatic rings. The SMILES string of the molecule is Cc1nc(C)c(F)c(NCc2ccns2)n1. The van der Waals surface area contributed by atoms with Crippen LogP contribution in [0.1, 0.15) is 16.4 Å². The van der Waals surface area contributed by atoms with Crippen molar-refractivity contribution in [3.63, 3.8) is 0 Å². The molecular weight excluding hydrogens is 227 g/mol. The van der Waals surface area contributed by atoms with E-state index >= 15 is 0 Å². The van der Waals surface area contributed by atoms with Crippen LogP contribution < -0.4 is 5.32 Å². The van der Waals surface area contributed by atoms with Crippen molar-refractivity contribution in [2.75, 3.05) is 5.32 Å². The Morgan fingerprint density at radius 2 is 2.19 bits per heavy atom. The van der Waals surface area contributed by atoms with Crippen molar-refractivity contribution in [3.05, 3.63) is 34.5 Å². The van der Waals surface area contributed by atoms with Crippen LogP contribution >= 0.6 is 11.5 Å². The maximum absolute atomic E-state index is 13.6. The molecule has 2 rings (SSSR count). The monoisotopic (exact) mass is 238 g/mol. The van der Waals surface area contributed by atoms with Gasteiger partial charge in [-0.3, -0.25) is 0 Å². The van der Waals surface area contributed by atoms with Gasteiger partial charge < -0.3 is 5.32 Å². The third-order valence-electron chi connectivity index (χ3n) is 2.05. The van der Waals surface area contributed by atoms with Gasteiger partial charge in [0, 0.05) is 11.1 Å². The summed E-state index contributed by atoms with van der Waals surface area (Å²) in [6.45, 7) is 3.89. The van der Waals surface area contributed by atoms with Gasteiger partial charge in [0.05, 0.1) is 12.2 Å². The van der Waals surface area contributed by atoms with Gasteiger partial charge in [-0.25, -0.2) is 18.7 Å². The van der Waals surface area contributed by atoms with E-state index in [4.69, 9.17) is 0 Å². The van der Waals surface area contributed by atoms with Gasteiger partial charge in [0.1, 0.15) is 5.82 Å². The molecule has 0 amide bonds. The quantitative estimate of drug-likeness (QED) is 0.891. The molecule has 0 saturated heterocycles. The van der Waals surface area contributed by atoms with Gasteiger partial charge in [0.15, 0.2) is 11.6 Å². The Bertz CT molecular complexity index is 484. The van der Waals surface area contributed by atoms with E-state index in [2.05, 4.69) is 19.7 Å². The zero-order valence-corrected chi connectivity index (χ0v) is 9.81. The van der Waals surface area contributed by atoms with Crippen LogP contribution in [0.3, 0.4) is 0 Å². The highest BCUT2D eigenvalue weighted by Crippen LogP contribution is 2.15. The summed E-state index contributed by atoms with van der Waals surface area (Å²) >= 11 is 1.38. The van der Waals surface area contributed by atoms with Crippen LogP contribution in [0.5, 0.6) is 0 Å². The maximum atomic E-state index is 13.6. The van der Waals surface area contributed by atoms with Gasteiger partial charge in [0.25, 0.3) is 0 Å². The molecule has 16 heavy (non-hydrogen) atoms. The summed E-state index contributed by atoms with van der Waals surface area (Å²) in [5.74, 6) is 0.416. The smallest absolute Gasteiger partial charge is 0.186 e. The molecule has 2 aromatic rings. The van der Waals surface area contributed by atoms with E-state index in [1.54, 1.807) is 20.0 Å². The minimum Gasteiger partial charge on any atom is -0.363 e. The second-order valence-corrected chi connectivity index (χ2v) is 4.27. The molecule has 0 aromatic carbocycles. The molecule has 4 nitrogen and oxygen atoms in total. The fourth-order valence-electron chi connectivity index (χ4n) is 1.32. The molecule has 0 unspecified atom stereocenters. The predicted octanol–water partition coefficient (Wildman–Crippen LogP) is 2.30. The second-order valence-electron chi connectivity index (χ2n) is 3.35. The number of nitrogens with one attached hydrogen (secondary N) is 1. The number of halogens is 1. The lowest BCUT2D eigenvalue weighted by Gasteiger charge is -2.07. The number of nitrogens with zero attached hydrogens (tertiary/aromatic N) is 3. The van der Waals surface area contributed by atoms with Crippen LogP contribution in [-0.2, 0) is 6.54 Å². The topological polar surface area (TPSA) is 50.7 Å². The van der Waals surface area contributed by atoms with Crippen molar-refractivity contribution in [1.82, 2.24) is 14.3 Å². The van der Waals surface area contributed by atoms with Gasteiger partial charge >= 0.3 is 0 Å². The number of anilines is 1. The highest BCUT2D eigenvalue weighted by molar-refractivity contribution is 7.05. The first-order chi connectivity index (χ1) is 7.66. The molecule has 2 heterocycles. The van der Waals surface area contributed by atoms with E-state index < -0.39 is 5.82 Å². The Morgan fingerprint density at radius 3 is 2.88 bits per heavy atom. The molecule has 2 aromatic heterocycles. The number of hydrogen-bond acceptors (Lipinski definition) is 5. The van der Waals surface area contributed by atoms with E-state index in [0.717, 1.165) is 4.88 Å². The highest BCUT2D eigenvalue weighted by Gasteiger charge is 2.09. The molecular formula is C10H11FN4S. The van der Waals surface area contributed by atoms with Crippen LogP contribution in [0.4, 0.5) is 10.2 Å². The van der Waals surface area contributed by atoms with E-state index in [1.165, 1.54) is 11.5 Å². The normalized spacial score (nSPS) is 10.4. The predicted molar refractivity (Wildman–Crippen MR) is 60.9 cm³/mol. The fourth-order valence-corrected chi connectivity index (χ4v) is 1.84. The standard InChI is InChI=1S/C10H11FN4S/c1-6-9(11)10(15-7(2)14-6)12-5-8-3-4-13-16-8/h3-4H,5H2,1-2H3,(H,12,14,15). The molecule has 6 heteroatoms. The lowest BCUT2D eigenvalue weighted by molar-refractivity contribution is 0.602. The Kier molecular flexibility index (Phi) is 3.09. The summed E-state index contributed by atoms with van der Waals surface area (Å²) in [4.78, 5) is 9.00. The van der Waals surface area contributed by atoms with E-state index in [-0.39, 0.29) is 5.82 Å². The molecule has 0 radical (unpaired) electrons. The number of rotatable bonds is 3. The van der Waals surface area contributed by atoms with Crippen LogP contribution in [0.2, 0.25) is 0 Å². The zero-order chi connectivity index (χ0) is 11.5. The first-order valence-corrected chi connectivity index (χ1v) is 5.58. The second kappa shape index (κ2) is 4.52. The summed E-state index contributed by atoms with van der Waals surface area (Å²) < 4.78 is 17.6. The van der Waals surface area contributed by atoms with Gasteiger partial charge in [-0.2, -0.15) is 0 Å². The van der Waals surface area contributed by atoms with E-state index in [9.17, 15) is 4.39 Å². The Morgan fingerprint density at radius 1 is 1.38 bits per heavy atom.